The maximum Gasteiger partial charge on any atom is 0.0131 e. The summed E-state index contributed by atoms with van der Waals surface area (Å²) in [4.78, 5) is 0. The summed E-state index contributed by atoms with van der Waals surface area (Å²) in [6.07, 6.45) is 6.38. The molecule has 66 valence electrons. The highest BCUT2D eigenvalue weighted by molar-refractivity contribution is 4.92. The topological polar surface area (TPSA) is 26.0 Å². The van der Waals surface area contributed by atoms with E-state index in [1.54, 1.807) is 0 Å². The second-order valence-corrected chi connectivity index (χ2v) is 4.85. The molecule has 2 N–H and O–H groups in total. The zero-order chi connectivity index (χ0) is 8.54. The van der Waals surface area contributed by atoms with Crippen molar-refractivity contribution in [3.63, 3.8) is 0 Å². The van der Waals surface area contributed by atoms with Crippen LogP contribution in [-0.4, -0.2) is 5.54 Å². The van der Waals surface area contributed by atoms with Gasteiger partial charge in [-0.15, -0.1) is 0 Å². The minimum Gasteiger partial charge on any atom is -0.325 e. The normalized spacial score (nSPS) is 45.8. The molecule has 1 nitrogen and oxygen atoms in total. The predicted octanol–water partition coefficient (Wildman–Crippen LogP) is 2.69. The number of rotatable bonds is 1. The van der Waals surface area contributed by atoms with E-state index in [9.17, 15) is 0 Å². The lowest BCUT2D eigenvalue weighted by atomic mass is 9.67. The number of nitrogens with two attached hydrogens (primary N) is 1. The maximum absolute atomic E-state index is 6.13. The fraction of sp³-hybridized carbons (Fsp3) is 1.00. The number of hydrogen-bond acceptors (Lipinski definition) is 1. The van der Waals surface area contributed by atoms with Crippen molar-refractivity contribution in [3.05, 3.63) is 0 Å². The minimum absolute atomic E-state index is 0.114. The Morgan fingerprint density at radius 3 is 2.27 bits per heavy atom. The summed E-state index contributed by atoms with van der Waals surface area (Å²) < 4.78 is 0. The van der Waals surface area contributed by atoms with Gasteiger partial charge >= 0.3 is 0 Å². The lowest BCUT2D eigenvalue weighted by Gasteiger charge is -2.42. The first-order valence-electron chi connectivity index (χ1n) is 4.76. The molecule has 2 atom stereocenters. The number of hydrogen-bond donors (Lipinski definition) is 1. The highest BCUT2D eigenvalue weighted by Crippen LogP contribution is 2.42. The predicted molar refractivity (Wildman–Crippen MR) is 49.5 cm³/mol. The monoisotopic (exact) mass is 155 g/mol. The summed E-state index contributed by atoms with van der Waals surface area (Å²) in [5.41, 5.74) is 6.77. The fourth-order valence-corrected chi connectivity index (χ4v) is 2.37. The molecule has 0 radical (unpaired) electrons. The molecule has 0 aromatic heterocycles. The van der Waals surface area contributed by atoms with Crippen LogP contribution in [-0.2, 0) is 0 Å². The Morgan fingerprint density at radius 1 is 1.27 bits per heavy atom. The molecule has 0 heterocycles. The lowest BCUT2D eigenvalue weighted by molar-refractivity contribution is 0.139. The Hall–Kier alpha value is -0.0400. The molecule has 0 unspecified atom stereocenters. The molecule has 0 saturated heterocycles. The quantitative estimate of drug-likeness (QED) is 0.619. The molecule has 0 aromatic carbocycles. The average Bonchev–Trinajstić information content (AvgIpc) is 1.85. The summed E-state index contributed by atoms with van der Waals surface area (Å²) in [6.45, 7) is 6.85. The molecule has 0 aromatic rings. The van der Waals surface area contributed by atoms with Gasteiger partial charge < -0.3 is 5.73 Å². The van der Waals surface area contributed by atoms with E-state index < -0.39 is 0 Å². The van der Waals surface area contributed by atoms with Gasteiger partial charge in [-0.05, 0) is 31.6 Å². The van der Waals surface area contributed by atoms with E-state index in [1.165, 1.54) is 32.1 Å². The van der Waals surface area contributed by atoms with Gasteiger partial charge in [0.15, 0.2) is 0 Å². The molecule has 1 aliphatic rings. The van der Waals surface area contributed by atoms with Crippen LogP contribution in [0.3, 0.4) is 0 Å². The highest BCUT2D eigenvalue weighted by atomic mass is 14.7. The van der Waals surface area contributed by atoms with Crippen LogP contribution in [0.2, 0.25) is 0 Å². The van der Waals surface area contributed by atoms with Gasteiger partial charge in [-0.25, -0.2) is 0 Å². The molecule has 1 heteroatoms. The largest absolute Gasteiger partial charge is 0.325 e. The SMILES string of the molecule is CC[C@]1(C)CCC[C@](C)(N)C1. The van der Waals surface area contributed by atoms with Crippen molar-refractivity contribution in [2.45, 2.75) is 58.4 Å². The van der Waals surface area contributed by atoms with E-state index in [4.69, 9.17) is 5.73 Å². The second kappa shape index (κ2) is 2.78. The Kier molecular flexibility index (Phi) is 2.29. The van der Waals surface area contributed by atoms with Gasteiger partial charge in [0, 0.05) is 5.54 Å². The van der Waals surface area contributed by atoms with Crippen LogP contribution in [0.25, 0.3) is 0 Å². The molecule has 0 bridgehead atoms. The van der Waals surface area contributed by atoms with Gasteiger partial charge in [0.05, 0.1) is 0 Å². The first-order chi connectivity index (χ1) is 4.97. The van der Waals surface area contributed by atoms with Crippen molar-refractivity contribution in [3.8, 4) is 0 Å². The molecule has 11 heavy (non-hydrogen) atoms. The summed E-state index contributed by atoms with van der Waals surface area (Å²) in [6, 6.07) is 0. The highest BCUT2D eigenvalue weighted by Gasteiger charge is 2.35. The van der Waals surface area contributed by atoms with E-state index in [-0.39, 0.29) is 5.54 Å². The summed E-state index contributed by atoms with van der Waals surface area (Å²) >= 11 is 0. The Balaban J connectivity index is 2.59. The van der Waals surface area contributed by atoms with E-state index in [1.807, 2.05) is 0 Å². The van der Waals surface area contributed by atoms with Crippen molar-refractivity contribution in [1.82, 2.24) is 0 Å². The molecular weight excluding hydrogens is 134 g/mol. The third-order valence-corrected chi connectivity index (χ3v) is 3.21. The fourth-order valence-electron chi connectivity index (χ4n) is 2.37. The smallest absolute Gasteiger partial charge is 0.0131 e. The molecular formula is C10H21N. The minimum atomic E-state index is 0.114. The van der Waals surface area contributed by atoms with Gasteiger partial charge in [0.25, 0.3) is 0 Å². The van der Waals surface area contributed by atoms with Crippen LogP contribution in [0.4, 0.5) is 0 Å². The Labute approximate surface area is 70.4 Å². The summed E-state index contributed by atoms with van der Waals surface area (Å²) in [5, 5.41) is 0. The van der Waals surface area contributed by atoms with Crippen molar-refractivity contribution in [1.29, 1.82) is 0 Å². The molecule has 1 aliphatic carbocycles. The van der Waals surface area contributed by atoms with E-state index in [2.05, 4.69) is 20.8 Å². The maximum atomic E-state index is 6.13. The Bertz CT molecular complexity index is 140. The van der Waals surface area contributed by atoms with Crippen molar-refractivity contribution < 1.29 is 0 Å². The average molecular weight is 155 g/mol. The van der Waals surface area contributed by atoms with E-state index in [0.29, 0.717) is 5.41 Å². The van der Waals surface area contributed by atoms with Gasteiger partial charge in [0.2, 0.25) is 0 Å². The van der Waals surface area contributed by atoms with Crippen molar-refractivity contribution in [2.24, 2.45) is 11.1 Å². The Morgan fingerprint density at radius 2 is 1.91 bits per heavy atom. The van der Waals surface area contributed by atoms with Crippen LogP contribution >= 0.6 is 0 Å². The third kappa shape index (κ3) is 2.19. The van der Waals surface area contributed by atoms with E-state index in [0.717, 1.165) is 0 Å². The van der Waals surface area contributed by atoms with Crippen LogP contribution in [0.1, 0.15) is 52.9 Å². The summed E-state index contributed by atoms with van der Waals surface area (Å²) in [5.74, 6) is 0. The van der Waals surface area contributed by atoms with Crippen LogP contribution < -0.4 is 5.73 Å². The zero-order valence-electron chi connectivity index (χ0n) is 8.11. The van der Waals surface area contributed by atoms with Crippen molar-refractivity contribution >= 4 is 0 Å². The third-order valence-electron chi connectivity index (χ3n) is 3.21. The van der Waals surface area contributed by atoms with Gasteiger partial charge in [0.1, 0.15) is 0 Å². The standard InChI is InChI=1S/C10H21N/c1-4-9(2)6-5-7-10(3,11)8-9/h4-8,11H2,1-3H3/t9-,10+/m1/s1. The molecule has 1 fully saturated rings. The molecule has 0 aliphatic heterocycles. The zero-order valence-corrected chi connectivity index (χ0v) is 8.11. The van der Waals surface area contributed by atoms with Crippen LogP contribution in [0.5, 0.6) is 0 Å². The second-order valence-electron chi connectivity index (χ2n) is 4.85. The molecule has 0 amide bonds. The molecule has 1 saturated carbocycles. The molecule has 0 spiro atoms. The molecule has 1 rings (SSSR count). The van der Waals surface area contributed by atoms with Gasteiger partial charge in [-0.3, -0.25) is 0 Å². The van der Waals surface area contributed by atoms with Crippen LogP contribution in [0.15, 0.2) is 0 Å². The first-order valence-corrected chi connectivity index (χ1v) is 4.76. The lowest BCUT2D eigenvalue weighted by Crippen LogP contribution is -2.44. The van der Waals surface area contributed by atoms with E-state index >= 15 is 0 Å². The summed E-state index contributed by atoms with van der Waals surface area (Å²) in [7, 11) is 0. The van der Waals surface area contributed by atoms with Crippen LogP contribution in [0, 0.1) is 5.41 Å². The van der Waals surface area contributed by atoms with Crippen molar-refractivity contribution in [2.75, 3.05) is 0 Å². The van der Waals surface area contributed by atoms with Gasteiger partial charge in [-0.1, -0.05) is 26.7 Å². The first kappa shape index (κ1) is 9.05. The van der Waals surface area contributed by atoms with Gasteiger partial charge in [-0.2, -0.15) is 0 Å².